The van der Waals surface area contributed by atoms with Crippen molar-refractivity contribution in [2.45, 2.75) is 26.2 Å². The Kier molecular flexibility index (Phi) is 6.11. The number of nitrogen functional groups attached to an aromatic ring is 1. The highest BCUT2D eigenvalue weighted by atomic mass is 127. The Bertz CT molecular complexity index is 996. The van der Waals surface area contributed by atoms with Crippen molar-refractivity contribution in [2.75, 3.05) is 11.1 Å². The number of carbonyl (C=O) groups is 1. The Hall–Kier alpha value is -2.41. The van der Waals surface area contributed by atoms with Crippen molar-refractivity contribution in [1.82, 2.24) is 4.98 Å². The average molecular weight is 471 g/mol. The van der Waals surface area contributed by atoms with E-state index in [4.69, 9.17) is 10.7 Å². The molecule has 1 unspecified atom stereocenters. The topological polar surface area (TPSA) is 68.0 Å². The van der Waals surface area contributed by atoms with Crippen LogP contribution in [0.4, 0.5) is 11.4 Å². The Morgan fingerprint density at radius 2 is 1.96 bits per heavy atom. The van der Waals surface area contributed by atoms with Crippen molar-refractivity contribution >= 4 is 56.9 Å². The van der Waals surface area contributed by atoms with Crippen molar-refractivity contribution in [3.63, 3.8) is 0 Å². The van der Waals surface area contributed by atoms with Gasteiger partial charge in [0.1, 0.15) is 0 Å². The van der Waals surface area contributed by atoms with Crippen molar-refractivity contribution in [3.8, 4) is 0 Å². The van der Waals surface area contributed by atoms with Gasteiger partial charge in [-0.3, -0.25) is 9.78 Å². The van der Waals surface area contributed by atoms with E-state index in [-0.39, 0.29) is 5.91 Å². The molecular formula is C22H22IN3O. The maximum Gasteiger partial charge on any atom is 0.248 e. The summed E-state index contributed by atoms with van der Waals surface area (Å²) in [5.41, 5.74) is 10.4. The number of nitrogens with two attached hydrogens (primary N) is 1. The van der Waals surface area contributed by atoms with Gasteiger partial charge in [-0.05, 0) is 83.0 Å². The second-order valence-electron chi connectivity index (χ2n) is 6.55. The van der Waals surface area contributed by atoms with E-state index >= 15 is 0 Å². The maximum atomic E-state index is 12.2. The molecule has 0 fully saturated rings. The van der Waals surface area contributed by atoms with Gasteiger partial charge < -0.3 is 11.1 Å². The van der Waals surface area contributed by atoms with Gasteiger partial charge in [0.25, 0.3) is 0 Å². The standard InChI is InChI=1S/C22H22IN3O/c1-3-14(2)21-13-19(24)18-12-17(9-10-20(18)26-21)25-22(27)11-6-15-4-7-16(23)8-5-15/h4-14H,3H2,1-2H3,(H2,24,26)(H,25,27). The van der Waals surface area contributed by atoms with Crippen LogP contribution in [0.1, 0.15) is 37.4 Å². The number of hydrogen-bond acceptors (Lipinski definition) is 3. The van der Waals surface area contributed by atoms with Crippen molar-refractivity contribution in [3.05, 3.63) is 69.4 Å². The van der Waals surface area contributed by atoms with Gasteiger partial charge in [-0.2, -0.15) is 0 Å². The van der Waals surface area contributed by atoms with Crippen LogP contribution >= 0.6 is 22.6 Å². The molecule has 0 aliphatic rings. The molecular weight excluding hydrogens is 449 g/mol. The Balaban J connectivity index is 1.77. The fourth-order valence-electron chi connectivity index (χ4n) is 2.74. The van der Waals surface area contributed by atoms with E-state index < -0.39 is 0 Å². The second kappa shape index (κ2) is 8.52. The third kappa shape index (κ3) is 4.86. The summed E-state index contributed by atoms with van der Waals surface area (Å²) in [5, 5.41) is 3.73. The Morgan fingerprint density at radius 3 is 2.67 bits per heavy atom. The lowest BCUT2D eigenvalue weighted by Crippen LogP contribution is -2.08. The summed E-state index contributed by atoms with van der Waals surface area (Å²) in [4.78, 5) is 16.9. The van der Waals surface area contributed by atoms with E-state index in [1.807, 2.05) is 48.5 Å². The highest BCUT2D eigenvalue weighted by Gasteiger charge is 2.10. The zero-order valence-electron chi connectivity index (χ0n) is 15.4. The summed E-state index contributed by atoms with van der Waals surface area (Å²) in [7, 11) is 0. The van der Waals surface area contributed by atoms with Gasteiger partial charge in [0.15, 0.2) is 0 Å². The smallest absolute Gasteiger partial charge is 0.248 e. The summed E-state index contributed by atoms with van der Waals surface area (Å²) < 4.78 is 1.16. The molecule has 3 N–H and O–H groups in total. The third-order valence-corrected chi connectivity index (χ3v) is 5.26. The van der Waals surface area contributed by atoms with Gasteiger partial charge >= 0.3 is 0 Å². The van der Waals surface area contributed by atoms with E-state index in [0.29, 0.717) is 17.3 Å². The van der Waals surface area contributed by atoms with Crippen LogP contribution in [-0.2, 0) is 4.79 Å². The number of rotatable bonds is 5. The molecule has 1 amide bonds. The first-order valence-corrected chi connectivity index (χ1v) is 9.99. The largest absolute Gasteiger partial charge is 0.398 e. The first-order valence-electron chi connectivity index (χ1n) is 8.91. The molecule has 0 aliphatic heterocycles. The molecule has 0 bridgehead atoms. The molecule has 2 aromatic carbocycles. The molecule has 5 heteroatoms. The molecule has 1 atom stereocenters. The third-order valence-electron chi connectivity index (χ3n) is 4.54. The number of nitrogens with zero attached hydrogens (tertiary/aromatic N) is 1. The minimum absolute atomic E-state index is 0.185. The summed E-state index contributed by atoms with van der Waals surface area (Å²) in [6.07, 6.45) is 4.33. The normalized spacial score (nSPS) is 12.4. The second-order valence-corrected chi connectivity index (χ2v) is 7.80. The molecule has 4 nitrogen and oxygen atoms in total. The van der Waals surface area contributed by atoms with E-state index in [0.717, 1.165) is 32.2 Å². The van der Waals surface area contributed by atoms with Crippen LogP contribution in [0.5, 0.6) is 0 Å². The number of fused-ring (bicyclic) bond motifs is 1. The zero-order valence-corrected chi connectivity index (χ0v) is 17.5. The highest BCUT2D eigenvalue weighted by Crippen LogP contribution is 2.27. The molecule has 3 aromatic rings. The van der Waals surface area contributed by atoms with Crippen LogP contribution in [0.15, 0.2) is 54.6 Å². The summed E-state index contributed by atoms with van der Waals surface area (Å²) >= 11 is 2.25. The van der Waals surface area contributed by atoms with Crippen molar-refractivity contribution in [2.24, 2.45) is 0 Å². The van der Waals surface area contributed by atoms with Gasteiger partial charge in [-0.25, -0.2) is 0 Å². The first kappa shape index (κ1) is 19.4. The number of halogens is 1. The molecule has 0 saturated carbocycles. The lowest BCUT2D eigenvalue weighted by molar-refractivity contribution is -0.111. The SMILES string of the molecule is CCC(C)c1cc(N)c2cc(NC(=O)C=Cc3ccc(I)cc3)ccc2n1. The van der Waals surface area contributed by atoms with Crippen LogP contribution in [0.3, 0.4) is 0 Å². The van der Waals surface area contributed by atoms with E-state index in [2.05, 4.69) is 41.8 Å². The number of pyridine rings is 1. The highest BCUT2D eigenvalue weighted by molar-refractivity contribution is 14.1. The molecule has 138 valence electrons. The minimum atomic E-state index is -0.185. The number of amides is 1. The fourth-order valence-corrected chi connectivity index (χ4v) is 3.10. The number of anilines is 2. The first-order chi connectivity index (χ1) is 13.0. The van der Waals surface area contributed by atoms with Gasteiger partial charge in [-0.15, -0.1) is 0 Å². The molecule has 3 rings (SSSR count). The molecule has 0 saturated heterocycles. The Morgan fingerprint density at radius 1 is 1.22 bits per heavy atom. The fraction of sp³-hybridized carbons (Fsp3) is 0.182. The van der Waals surface area contributed by atoms with Gasteiger partial charge in [-0.1, -0.05) is 26.0 Å². The predicted octanol–water partition coefficient (Wildman–Crippen LogP) is 5.59. The summed E-state index contributed by atoms with van der Waals surface area (Å²) in [5.74, 6) is 0.179. The van der Waals surface area contributed by atoms with Crippen LogP contribution < -0.4 is 11.1 Å². The van der Waals surface area contributed by atoms with Gasteiger partial charge in [0.05, 0.1) is 5.52 Å². The predicted molar refractivity (Wildman–Crippen MR) is 122 cm³/mol. The lowest BCUT2D eigenvalue weighted by atomic mass is 10.0. The van der Waals surface area contributed by atoms with E-state index in [9.17, 15) is 4.79 Å². The number of hydrogen-bond donors (Lipinski definition) is 2. The number of benzene rings is 2. The number of carbonyl (C=O) groups excluding carboxylic acids is 1. The number of nitrogens with one attached hydrogen (secondary N) is 1. The van der Waals surface area contributed by atoms with Gasteiger partial charge in [0, 0.05) is 32.1 Å². The monoisotopic (exact) mass is 471 g/mol. The summed E-state index contributed by atoms with van der Waals surface area (Å²) in [6, 6.07) is 15.5. The van der Waals surface area contributed by atoms with E-state index in [1.54, 1.807) is 6.08 Å². The average Bonchev–Trinajstić information content (AvgIpc) is 2.67. The van der Waals surface area contributed by atoms with E-state index in [1.165, 1.54) is 6.08 Å². The molecule has 1 aromatic heterocycles. The molecule has 27 heavy (non-hydrogen) atoms. The number of aromatic nitrogens is 1. The lowest BCUT2D eigenvalue weighted by Gasteiger charge is -2.12. The molecule has 0 aliphatic carbocycles. The molecule has 0 radical (unpaired) electrons. The summed E-state index contributed by atoms with van der Waals surface area (Å²) in [6.45, 7) is 4.28. The zero-order chi connectivity index (χ0) is 19.4. The quantitative estimate of drug-likeness (QED) is 0.377. The van der Waals surface area contributed by atoms with Crippen molar-refractivity contribution in [1.29, 1.82) is 0 Å². The van der Waals surface area contributed by atoms with Crippen LogP contribution in [-0.4, -0.2) is 10.9 Å². The van der Waals surface area contributed by atoms with Gasteiger partial charge in [0.2, 0.25) is 5.91 Å². The van der Waals surface area contributed by atoms with Crippen LogP contribution in [0, 0.1) is 3.57 Å². The molecule has 0 spiro atoms. The van der Waals surface area contributed by atoms with Crippen LogP contribution in [0.25, 0.3) is 17.0 Å². The van der Waals surface area contributed by atoms with Crippen molar-refractivity contribution < 1.29 is 4.79 Å². The minimum Gasteiger partial charge on any atom is -0.398 e. The molecule has 1 heterocycles. The maximum absolute atomic E-state index is 12.2. The Labute approximate surface area is 173 Å². The van der Waals surface area contributed by atoms with Crippen LogP contribution in [0.2, 0.25) is 0 Å².